The first-order chi connectivity index (χ1) is 11.2. The van der Waals surface area contributed by atoms with Crippen LogP contribution in [0.4, 0.5) is 0 Å². The lowest BCUT2D eigenvalue weighted by molar-refractivity contribution is 0.304. The molecule has 3 rings (SSSR count). The van der Waals surface area contributed by atoms with Crippen molar-refractivity contribution < 1.29 is 4.74 Å². The molecule has 0 aliphatic heterocycles. The van der Waals surface area contributed by atoms with Gasteiger partial charge in [-0.05, 0) is 31.2 Å². The van der Waals surface area contributed by atoms with E-state index in [4.69, 9.17) is 21.6 Å². The van der Waals surface area contributed by atoms with Crippen LogP contribution in [-0.2, 0) is 6.61 Å². The fraction of sp³-hybridized carbons (Fsp3) is 0.111. The summed E-state index contributed by atoms with van der Waals surface area (Å²) in [6.45, 7) is 2.15. The summed E-state index contributed by atoms with van der Waals surface area (Å²) >= 11 is 6.46. The van der Waals surface area contributed by atoms with Gasteiger partial charge in [-0.25, -0.2) is 4.68 Å². The lowest BCUT2D eigenvalue weighted by atomic mass is 10.2. The van der Waals surface area contributed by atoms with E-state index in [1.54, 1.807) is 22.9 Å². The lowest BCUT2D eigenvalue weighted by Gasteiger charge is -2.07. The maximum atomic E-state index is 9.11. The first-order valence-electron chi connectivity index (χ1n) is 7.12. The summed E-state index contributed by atoms with van der Waals surface area (Å²) in [4.78, 5) is 0. The summed E-state index contributed by atoms with van der Waals surface area (Å²) in [5, 5.41) is 14.1. The topological polar surface area (TPSA) is 50.8 Å². The molecule has 114 valence electrons. The van der Waals surface area contributed by atoms with E-state index in [2.05, 4.69) is 11.2 Å². The average molecular weight is 324 g/mol. The van der Waals surface area contributed by atoms with Crippen molar-refractivity contribution >= 4 is 11.6 Å². The van der Waals surface area contributed by atoms with Crippen molar-refractivity contribution in [1.29, 1.82) is 5.26 Å². The summed E-state index contributed by atoms with van der Waals surface area (Å²) in [5.41, 5.74) is 3.00. The van der Waals surface area contributed by atoms with Crippen LogP contribution in [0, 0.1) is 18.3 Å². The van der Waals surface area contributed by atoms with Crippen molar-refractivity contribution in [1.82, 2.24) is 9.78 Å². The largest absolute Gasteiger partial charge is 0.487 e. The molecular weight excluding hydrogens is 310 g/mol. The van der Waals surface area contributed by atoms with Gasteiger partial charge >= 0.3 is 0 Å². The SMILES string of the molecule is Cc1nn(-c2ccccc2)c(Cl)c1COc1ccccc1C#N. The number of ether oxygens (including phenoxy) is 1. The minimum absolute atomic E-state index is 0.260. The number of aryl methyl sites for hydroxylation is 1. The van der Waals surface area contributed by atoms with E-state index in [1.165, 1.54) is 0 Å². The van der Waals surface area contributed by atoms with Crippen LogP contribution in [-0.4, -0.2) is 9.78 Å². The van der Waals surface area contributed by atoms with Gasteiger partial charge in [0.1, 0.15) is 23.6 Å². The highest BCUT2D eigenvalue weighted by Crippen LogP contribution is 2.26. The molecule has 1 heterocycles. The summed E-state index contributed by atoms with van der Waals surface area (Å²) in [5.74, 6) is 0.540. The van der Waals surface area contributed by atoms with Crippen LogP contribution in [0.15, 0.2) is 54.6 Å². The van der Waals surface area contributed by atoms with E-state index in [0.717, 1.165) is 16.9 Å². The summed E-state index contributed by atoms with van der Waals surface area (Å²) in [6, 6.07) is 18.9. The summed E-state index contributed by atoms with van der Waals surface area (Å²) in [7, 11) is 0. The van der Waals surface area contributed by atoms with Crippen LogP contribution in [0.2, 0.25) is 5.15 Å². The van der Waals surface area contributed by atoms with Gasteiger partial charge in [0.05, 0.1) is 16.9 Å². The molecule has 2 aromatic carbocycles. The van der Waals surface area contributed by atoms with E-state index in [1.807, 2.05) is 43.3 Å². The van der Waals surface area contributed by atoms with Gasteiger partial charge in [-0.3, -0.25) is 0 Å². The van der Waals surface area contributed by atoms with Crippen molar-refractivity contribution in [3.8, 4) is 17.5 Å². The van der Waals surface area contributed by atoms with Crippen LogP contribution in [0.1, 0.15) is 16.8 Å². The number of nitriles is 1. The Morgan fingerprint density at radius 1 is 1.13 bits per heavy atom. The molecule has 4 nitrogen and oxygen atoms in total. The maximum Gasteiger partial charge on any atom is 0.139 e. The Hall–Kier alpha value is -2.77. The van der Waals surface area contributed by atoms with Crippen LogP contribution in [0.5, 0.6) is 5.75 Å². The fourth-order valence-corrected chi connectivity index (χ4v) is 2.60. The first-order valence-corrected chi connectivity index (χ1v) is 7.50. The smallest absolute Gasteiger partial charge is 0.139 e. The highest BCUT2D eigenvalue weighted by Gasteiger charge is 2.15. The van der Waals surface area contributed by atoms with Crippen molar-refractivity contribution in [2.45, 2.75) is 13.5 Å². The number of nitrogens with zero attached hydrogens (tertiary/aromatic N) is 3. The molecule has 0 radical (unpaired) electrons. The lowest BCUT2D eigenvalue weighted by Crippen LogP contribution is -1.99. The maximum absolute atomic E-state index is 9.11. The third-order valence-electron chi connectivity index (χ3n) is 3.50. The zero-order chi connectivity index (χ0) is 16.2. The molecule has 0 saturated carbocycles. The Morgan fingerprint density at radius 2 is 1.83 bits per heavy atom. The molecule has 0 N–H and O–H groups in total. The van der Waals surface area contributed by atoms with Gasteiger partial charge in [0.25, 0.3) is 0 Å². The van der Waals surface area contributed by atoms with E-state index >= 15 is 0 Å². The van der Waals surface area contributed by atoms with E-state index in [-0.39, 0.29) is 6.61 Å². The van der Waals surface area contributed by atoms with Gasteiger partial charge < -0.3 is 4.74 Å². The van der Waals surface area contributed by atoms with Crippen molar-refractivity contribution in [2.24, 2.45) is 0 Å². The van der Waals surface area contributed by atoms with Crippen molar-refractivity contribution in [3.05, 3.63) is 76.6 Å². The number of aromatic nitrogens is 2. The van der Waals surface area contributed by atoms with Gasteiger partial charge in [0, 0.05) is 5.56 Å². The Balaban J connectivity index is 1.87. The second-order valence-corrected chi connectivity index (χ2v) is 5.36. The molecule has 0 fully saturated rings. The van der Waals surface area contributed by atoms with Gasteiger partial charge in [-0.15, -0.1) is 0 Å². The number of halogens is 1. The number of rotatable bonds is 4. The first kappa shape index (κ1) is 15.1. The molecule has 0 atom stereocenters. The van der Waals surface area contributed by atoms with E-state index in [0.29, 0.717) is 16.5 Å². The Labute approximate surface area is 139 Å². The second kappa shape index (κ2) is 6.55. The zero-order valence-corrected chi connectivity index (χ0v) is 13.3. The van der Waals surface area contributed by atoms with Crippen LogP contribution < -0.4 is 4.74 Å². The highest BCUT2D eigenvalue weighted by atomic mass is 35.5. The van der Waals surface area contributed by atoms with Gasteiger partial charge in [-0.1, -0.05) is 41.9 Å². The number of benzene rings is 2. The molecule has 23 heavy (non-hydrogen) atoms. The third kappa shape index (κ3) is 3.05. The highest BCUT2D eigenvalue weighted by molar-refractivity contribution is 6.30. The van der Waals surface area contributed by atoms with Crippen molar-refractivity contribution in [2.75, 3.05) is 0 Å². The van der Waals surface area contributed by atoms with Crippen LogP contribution >= 0.6 is 11.6 Å². The fourth-order valence-electron chi connectivity index (χ4n) is 2.27. The molecule has 0 bridgehead atoms. The third-order valence-corrected chi connectivity index (χ3v) is 3.89. The van der Waals surface area contributed by atoms with Crippen molar-refractivity contribution in [3.63, 3.8) is 0 Å². The molecule has 1 aromatic heterocycles. The molecule has 0 saturated heterocycles. The van der Waals surface area contributed by atoms with E-state index < -0.39 is 0 Å². The number of hydrogen-bond donors (Lipinski definition) is 0. The Morgan fingerprint density at radius 3 is 2.57 bits per heavy atom. The molecule has 0 unspecified atom stereocenters. The molecule has 0 amide bonds. The second-order valence-electron chi connectivity index (χ2n) is 5.00. The Kier molecular flexibility index (Phi) is 4.31. The zero-order valence-electron chi connectivity index (χ0n) is 12.5. The minimum atomic E-state index is 0.260. The molecule has 5 heteroatoms. The van der Waals surface area contributed by atoms with E-state index in [9.17, 15) is 0 Å². The normalized spacial score (nSPS) is 10.3. The summed E-state index contributed by atoms with van der Waals surface area (Å²) in [6.07, 6.45) is 0. The standard InChI is InChI=1S/C18H14ClN3O/c1-13-16(12-23-17-10-6-5-7-14(17)11-20)18(19)22(21-13)15-8-3-2-4-9-15/h2-10H,12H2,1H3. The number of hydrogen-bond acceptors (Lipinski definition) is 3. The molecule has 0 aliphatic carbocycles. The average Bonchev–Trinajstić information content (AvgIpc) is 2.88. The molecule has 3 aromatic rings. The summed E-state index contributed by atoms with van der Waals surface area (Å²) < 4.78 is 7.45. The van der Waals surface area contributed by atoms with Crippen LogP contribution in [0.25, 0.3) is 5.69 Å². The Bertz CT molecular complexity index is 866. The van der Waals surface area contributed by atoms with Gasteiger partial charge in [0.2, 0.25) is 0 Å². The van der Waals surface area contributed by atoms with Crippen LogP contribution in [0.3, 0.4) is 0 Å². The quantitative estimate of drug-likeness (QED) is 0.720. The number of para-hydroxylation sites is 2. The molecular formula is C18H14ClN3O. The molecule has 0 aliphatic rings. The predicted octanol–water partition coefficient (Wildman–Crippen LogP) is 4.28. The predicted molar refractivity (Wildman–Crippen MR) is 88.8 cm³/mol. The van der Waals surface area contributed by atoms with Gasteiger partial charge in [0.15, 0.2) is 0 Å². The monoisotopic (exact) mass is 323 g/mol. The van der Waals surface area contributed by atoms with Gasteiger partial charge in [-0.2, -0.15) is 10.4 Å². The minimum Gasteiger partial charge on any atom is -0.487 e. The molecule has 0 spiro atoms.